The molecule has 1 unspecified atom stereocenters. The van der Waals surface area contributed by atoms with E-state index in [1.807, 2.05) is 6.92 Å². The minimum absolute atomic E-state index is 0.0992. The number of hydrogen-bond donors (Lipinski definition) is 1. The Morgan fingerprint density at radius 1 is 1.46 bits per heavy atom. The van der Waals surface area contributed by atoms with Gasteiger partial charge in [-0.25, -0.2) is 0 Å². The number of carboxylic acids is 1. The Bertz CT molecular complexity index is 156. The molecule has 0 heterocycles. The zero-order valence-corrected chi connectivity index (χ0v) is 8.91. The topological polar surface area (TPSA) is 46.5 Å². The van der Waals surface area contributed by atoms with E-state index in [1.54, 1.807) is 7.11 Å². The van der Waals surface area contributed by atoms with Crippen molar-refractivity contribution in [3.63, 3.8) is 0 Å². The van der Waals surface area contributed by atoms with E-state index in [-0.39, 0.29) is 12.5 Å². The van der Waals surface area contributed by atoms with Crippen LogP contribution in [-0.2, 0) is 9.53 Å². The molecule has 0 saturated heterocycles. The van der Waals surface area contributed by atoms with Crippen molar-refractivity contribution in [3.8, 4) is 0 Å². The van der Waals surface area contributed by atoms with Gasteiger partial charge in [0, 0.05) is 7.11 Å². The van der Waals surface area contributed by atoms with Crippen molar-refractivity contribution >= 4 is 5.97 Å². The fourth-order valence-corrected chi connectivity index (χ4v) is 1.39. The lowest BCUT2D eigenvalue weighted by Gasteiger charge is -2.25. The summed E-state index contributed by atoms with van der Waals surface area (Å²) in [5.74, 6) is 0.0115. The molecule has 13 heavy (non-hydrogen) atoms. The van der Waals surface area contributed by atoms with Gasteiger partial charge in [0.25, 0.3) is 0 Å². The smallest absolute Gasteiger partial charge is 0.305 e. The number of methoxy groups -OCH3 is 1. The Morgan fingerprint density at radius 3 is 2.31 bits per heavy atom. The molecule has 0 aromatic carbocycles. The molecular weight excluding hydrogens is 168 g/mol. The van der Waals surface area contributed by atoms with E-state index in [0.717, 1.165) is 6.42 Å². The third-order valence-electron chi connectivity index (χ3n) is 2.81. The second-order valence-electron chi connectivity index (χ2n) is 3.62. The van der Waals surface area contributed by atoms with E-state index < -0.39 is 5.97 Å². The van der Waals surface area contributed by atoms with Crippen LogP contribution in [0.2, 0.25) is 0 Å². The standard InChI is InChI=1S/C10H20O3/c1-5-7(2)8(3)9(13-4)6-10(11)12/h7-9H,5-6H2,1-4H3,(H,11,12)/t7?,8-,9+/m0/s1. The van der Waals surface area contributed by atoms with Gasteiger partial charge in [0.05, 0.1) is 12.5 Å². The fraction of sp³-hybridized carbons (Fsp3) is 0.900. The molecule has 0 spiro atoms. The fourth-order valence-electron chi connectivity index (χ4n) is 1.39. The molecule has 0 aromatic heterocycles. The first-order valence-electron chi connectivity index (χ1n) is 4.77. The highest BCUT2D eigenvalue weighted by atomic mass is 16.5. The summed E-state index contributed by atoms with van der Waals surface area (Å²) in [7, 11) is 1.58. The summed E-state index contributed by atoms with van der Waals surface area (Å²) in [4.78, 5) is 10.5. The molecule has 0 bridgehead atoms. The predicted molar refractivity (Wildman–Crippen MR) is 51.7 cm³/mol. The second kappa shape index (κ2) is 5.97. The summed E-state index contributed by atoms with van der Waals surface area (Å²) in [6.45, 7) is 6.28. The van der Waals surface area contributed by atoms with Gasteiger partial charge in [-0.3, -0.25) is 4.79 Å². The van der Waals surface area contributed by atoms with E-state index >= 15 is 0 Å². The maximum absolute atomic E-state index is 10.5. The molecule has 3 atom stereocenters. The molecule has 3 nitrogen and oxygen atoms in total. The van der Waals surface area contributed by atoms with E-state index in [4.69, 9.17) is 9.84 Å². The molecule has 0 amide bonds. The van der Waals surface area contributed by atoms with Crippen LogP contribution in [0.15, 0.2) is 0 Å². The number of carboxylic acid groups (broad SMARTS) is 1. The second-order valence-corrected chi connectivity index (χ2v) is 3.62. The molecule has 0 aliphatic rings. The summed E-state index contributed by atoms with van der Waals surface area (Å²) in [5.41, 5.74) is 0. The molecule has 0 radical (unpaired) electrons. The largest absolute Gasteiger partial charge is 0.481 e. The molecule has 0 aliphatic carbocycles. The number of aliphatic carboxylic acids is 1. The van der Waals surface area contributed by atoms with Crippen molar-refractivity contribution in [2.24, 2.45) is 11.8 Å². The molecule has 1 N–H and O–H groups in total. The maximum atomic E-state index is 10.5. The first-order chi connectivity index (χ1) is 6.02. The van der Waals surface area contributed by atoms with Crippen LogP contribution in [0.1, 0.15) is 33.6 Å². The quantitative estimate of drug-likeness (QED) is 0.694. The SMILES string of the molecule is CCC(C)[C@H](C)[C@@H](CC(=O)O)OC. The van der Waals surface area contributed by atoms with Crippen LogP contribution >= 0.6 is 0 Å². The third-order valence-corrected chi connectivity index (χ3v) is 2.81. The summed E-state index contributed by atoms with van der Waals surface area (Å²) in [6.07, 6.45) is 0.996. The lowest BCUT2D eigenvalue weighted by atomic mass is 9.87. The minimum Gasteiger partial charge on any atom is -0.481 e. The highest BCUT2D eigenvalue weighted by Crippen LogP contribution is 2.22. The van der Waals surface area contributed by atoms with Gasteiger partial charge in [-0.05, 0) is 11.8 Å². The third kappa shape index (κ3) is 4.27. The number of carbonyl (C=O) groups is 1. The van der Waals surface area contributed by atoms with Crippen LogP contribution in [0.5, 0.6) is 0 Å². The zero-order chi connectivity index (χ0) is 10.4. The molecular formula is C10H20O3. The monoisotopic (exact) mass is 188 g/mol. The van der Waals surface area contributed by atoms with Gasteiger partial charge in [0.2, 0.25) is 0 Å². The van der Waals surface area contributed by atoms with Gasteiger partial charge >= 0.3 is 5.97 Å². The van der Waals surface area contributed by atoms with Crippen LogP contribution in [0.4, 0.5) is 0 Å². The van der Waals surface area contributed by atoms with Crippen molar-refractivity contribution in [1.82, 2.24) is 0 Å². The van der Waals surface area contributed by atoms with E-state index in [1.165, 1.54) is 0 Å². The summed E-state index contributed by atoms with van der Waals surface area (Å²) < 4.78 is 5.17. The van der Waals surface area contributed by atoms with Gasteiger partial charge in [-0.2, -0.15) is 0 Å². The van der Waals surface area contributed by atoms with Crippen LogP contribution < -0.4 is 0 Å². The van der Waals surface area contributed by atoms with Crippen molar-refractivity contribution in [3.05, 3.63) is 0 Å². The Hall–Kier alpha value is -0.570. The first kappa shape index (κ1) is 12.4. The molecule has 78 valence electrons. The summed E-state index contributed by atoms with van der Waals surface area (Å²) in [6, 6.07) is 0. The molecule has 0 fully saturated rings. The van der Waals surface area contributed by atoms with Crippen molar-refractivity contribution < 1.29 is 14.6 Å². The summed E-state index contributed by atoms with van der Waals surface area (Å²) in [5, 5.41) is 8.64. The Kier molecular flexibility index (Phi) is 5.71. The Morgan fingerprint density at radius 2 is 2.00 bits per heavy atom. The molecule has 0 rings (SSSR count). The normalized spacial score (nSPS) is 17.8. The summed E-state index contributed by atoms with van der Waals surface area (Å²) >= 11 is 0. The highest BCUT2D eigenvalue weighted by Gasteiger charge is 2.23. The van der Waals surface area contributed by atoms with Gasteiger partial charge in [0.15, 0.2) is 0 Å². The molecule has 0 saturated carbocycles. The first-order valence-corrected chi connectivity index (χ1v) is 4.77. The van der Waals surface area contributed by atoms with Crippen LogP contribution in [0.25, 0.3) is 0 Å². The van der Waals surface area contributed by atoms with Gasteiger partial charge in [-0.15, -0.1) is 0 Å². The number of ether oxygens (including phenoxy) is 1. The molecule has 3 heteroatoms. The lowest BCUT2D eigenvalue weighted by Crippen LogP contribution is -2.28. The molecule has 0 aromatic rings. The lowest BCUT2D eigenvalue weighted by molar-refractivity contribution is -0.141. The van der Waals surface area contributed by atoms with Crippen molar-refractivity contribution in [2.45, 2.75) is 39.7 Å². The average Bonchev–Trinajstić information content (AvgIpc) is 2.11. The van der Waals surface area contributed by atoms with E-state index in [0.29, 0.717) is 11.8 Å². The van der Waals surface area contributed by atoms with Gasteiger partial charge in [0.1, 0.15) is 0 Å². The van der Waals surface area contributed by atoms with Crippen molar-refractivity contribution in [1.29, 1.82) is 0 Å². The minimum atomic E-state index is -0.790. The van der Waals surface area contributed by atoms with Crippen molar-refractivity contribution in [2.75, 3.05) is 7.11 Å². The average molecular weight is 188 g/mol. The van der Waals surface area contributed by atoms with E-state index in [2.05, 4.69) is 13.8 Å². The maximum Gasteiger partial charge on any atom is 0.305 e. The van der Waals surface area contributed by atoms with Crippen LogP contribution in [0.3, 0.4) is 0 Å². The highest BCUT2D eigenvalue weighted by molar-refractivity contribution is 5.67. The number of rotatable bonds is 6. The zero-order valence-electron chi connectivity index (χ0n) is 8.91. The molecule has 0 aliphatic heterocycles. The Balaban J connectivity index is 4.13. The van der Waals surface area contributed by atoms with Gasteiger partial charge < -0.3 is 9.84 Å². The predicted octanol–water partition coefficient (Wildman–Crippen LogP) is 2.16. The number of hydrogen-bond acceptors (Lipinski definition) is 2. The van der Waals surface area contributed by atoms with Crippen LogP contribution in [-0.4, -0.2) is 24.3 Å². The van der Waals surface area contributed by atoms with E-state index in [9.17, 15) is 4.79 Å². The van der Waals surface area contributed by atoms with Crippen LogP contribution in [0, 0.1) is 11.8 Å². The van der Waals surface area contributed by atoms with Gasteiger partial charge in [-0.1, -0.05) is 27.2 Å². The Labute approximate surface area is 80.1 Å².